The molecule has 9 aromatic rings. The topological polar surface area (TPSA) is 46.2 Å². The molecule has 0 amide bonds. The van der Waals surface area contributed by atoms with E-state index in [0.29, 0.717) is 22.4 Å². The van der Waals surface area contributed by atoms with E-state index in [4.69, 9.17) is 11.0 Å². The van der Waals surface area contributed by atoms with Crippen LogP contribution in [0.25, 0.3) is 85.6 Å². The van der Waals surface area contributed by atoms with Gasteiger partial charge in [-0.1, -0.05) is 72.8 Å². The number of rotatable bonds is 2. The zero-order chi connectivity index (χ0) is 28.7. The molecular formula is C38H19N3OS. The largest absolute Gasteiger partial charge is 0.465 e. The van der Waals surface area contributed by atoms with E-state index in [1.807, 2.05) is 48.5 Å². The van der Waals surface area contributed by atoms with Gasteiger partial charge in [-0.3, -0.25) is 0 Å². The first-order valence-corrected chi connectivity index (χ1v) is 14.8. The number of hydrogen-bond donors (Lipinski definition) is 0. The molecule has 0 unspecified atom stereocenters. The molecule has 0 aliphatic rings. The van der Waals surface area contributed by atoms with Crippen LogP contribution in [0.4, 0.5) is 5.69 Å². The monoisotopic (exact) mass is 565 g/mol. The van der Waals surface area contributed by atoms with Crippen LogP contribution in [-0.4, -0.2) is 4.57 Å². The minimum atomic E-state index is 0.483. The predicted molar refractivity (Wildman–Crippen MR) is 177 cm³/mol. The lowest BCUT2D eigenvalue weighted by Gasteiger charge is -2.09. The maximum atomic E-state index is 9.70. The summed E-state index contributed by atoms with van der Waals surface area (Å²) in [6.07, 6.45) is 0. The number of benzene rings is 6. The van der Waals surface area contributed by atoms with Crippen LogP contribution in [0, 0.1) is 17.9 Å². The Labute approximate surface area is 249 Å². The Balaban J connectivity index is 1.38. The molecule has 0 fully saturated rings. The Bertz CT molecular complexity index is 2710. The Hall–Kier alpha value is -5.88. The molecule has 0 radical (unpaired) electrons. The summed E-state index contributed by atoms with van der Waals surface area (Å²) in [4.78, 5) is 3.84. The summed E-state index contributed by atoms with van der Waals surface area (Å²) in [6.45, 7) is 7.94. The summed E-state index contributed by atoms with van der Waals surface area (Å²) in [5, 5.41) is 16.2. The van der Waals surface area contributed by atoms with Crippen LogP contribution in [0.1, 0.15) is 5.56 Å². The van der Waals surface area contributed by atoms with Crippen LogP contribution in [0.3, 0.4) is 0 Å². The van der Waals surface area contributed by atoms with Crippen LogP contribution in [0.2, 0.25) is 0 Å². The maximum absolute atomic E-state index is 9.70. The van der Waals surface area contributed by atoms with Gasteiger partial charge in [-0.15, -0.1) is 11.3 Å². The number of nitriles is 1. The average molecular weight is 566 g/mol. The van der Waals surface area contributed by atoms with Gasteiger partial charge in [0.05, 0.1) is 34.9 Å². The van der Waals surface area contributed by atoms with Gasteiger partial charge >= 0.3 is 0 Å². The van der Waals surface area contributed by atoms with Gasteiger partial charge in [0.1, 0.15) is 5.58 Å². The molecule has 3 aromatic heterocycles. The van der Waals surface area contributed by atoms with Crippen molar-refractivity contribution in [1.29, 1.82) is 5.26 Å². The predicted octanol–water partition coefficient (Wildman–Crippen LogP) is 11.1. The zero-order valence-corrected chi connectivity index (χ0v) is 23.4. The minimum absolute atomic E-state index is 0.483. The smallest absolute Gasteiger partial charge is 0.229 e. The van der Waals surface area contributed by atoms with E-state index in [1.165, 1.54) is 20.2 Å². The van der Waals surface area contributed by atoms with Gasteiger partial charge in [0.25, 0.3) is 0 Å². The van der Waals surface area contributed by atoms with Gasteiger partial charge in [-0.2, -0.15) is 5.26 Å². The van der Waals surface area contributed by atoms with Gasteiger partial charge in [-0.25, -0.2) is 4.85 Å². The molecule has 0 bridgehead atoms. The molecule has 43 heavy (non-hydrogen) atoms. The first-order chi connectivity index (χ1) is 21.2. The quantitative estimate of drug-likeness (QED) is 0.196. The van der Waals surface area contributed by atoms with E-state index in [2.05, 4.69) is 82.2 Å². The molecule has 0 atom stereocenters. The van der Waals surface area contributed by atoms with Crippen LogP contribution in [0.15, 0.2) is 120 Å². The highest BCUT2D eigenvalue weighted by atomic mass is 32.1. The van der Waals surface area contributed by atoms with E-state index in [9.17, 15) is 5.26 Å². The number of fused-ring (bicyclic) bond motifs is 9. The Morgan fingerprint density at radius 3 is 2.35 bits per heavy atom. The lowest BCUT2D eigenvalue weighted by Crippen LogP contribution is -1.94. The molecule has 0 saturated carbocycles. The van der Waals surface area contributed by atoms with Crippen molar-refractivity contribution in [3.05, 3.63) is 132 Å². The molecule has 6 aromatic carbocycles. The first kappa shape index (κ1) is 23.8. The van der Waals surface area contributed by atoms with Gasteiger partial charge in [-0.05, 0) is 53.6 Å². The third-order valence-electron chi connectivity index (χ3n) is 8.46. The summed E-state index contributed by atoms with van der Waals surface area (Å²) in [6, 6.07) is 41.6. The molecule has 0 aliphatic heterocycles. The number of para-hydroxylation sites is 2. The molecule has 0 aliphatic carbocycles. The van der Waals surface area contributed by atoms with Gasteiger partial charge in [0.15, 0.2) is 5.58 Å². The molecule has 9 rings (SSSR count). The van der Waals surface area contributed by atoms with Crippen molar-refractivity contribution in [2.75, 3.05) is 0 Å². The second-order valence-electron chi connectivity index (χ2n) is 10.7. The van der Waals surface area contributed by atoms with Gasteiger partial charge in [0, 0.05) is 41.7 Å². The Morgan fingerprint density at radius 2 is 1.47 bits per heavy atom. The summed E-state index contributed by atoms with van der Waals surface area (Å²) in [5.41, 5.74) is 7.33. The number of thiophene rings is 1. The van der Waals surface area contributed by atoms with Crippen molar-refractivity contribution in [1.82, 2.24) is 4.57 Å². The summed E-state index contributed by atoms with van der Waals surface area (Å²) >= 11 is 1.80. The van der Waals surface area contributed by atoms with E-state index in [1.54, 1.807) is 11.3 Å². The number of furan rings is 1. The minimum Gasteiger partial charge on any atom is -0.465 e. The van der Waals surface area contributed by atoms with Crippen molar-refractivity contribution in [3.8, 4) is 22.9 Å². The fourth-order valence-corrected chi connectivity index (χ4v) is 7.66. The number of nitrogens with zero attached hydrogens (tertiary/aromatic N) is 3. The van der Waals surface area contributed by atoms with Crippen LogP contribution >= 0.6 is 11.3 Å². The molecule has 0 saturated heterocycles. The summed E-state index contributed by atoms with van der Waals surface area (Å²) in [7, 11) is 0. The van der Waals surface area contributed by atoms with Crippen molar-refractivity contribution in [3.63, 3.8) is 0 Å². The Kier molecular flexibility index (Phi) is 4.87. The van der Waals surface area contributed by atoms with Crippen LogP contribution in [-0.2, 0) is 0 Å². The van der Waals surface area contributed by atoms with E-state index in [0.717, 1.165) is 49.4 Å². The standard InChI is InChI=1S/C38H19N3OS/c1-40-30-17-16-24(23-14-18-35-29(20-23)27-8-3-5-12-34(27)43-35)36-28-9-6-11-32(37(28)42-38(30)36)41-31-10-4-2-7-25(31)26-15-13-22(21-39)19-33(26)41/h2-20H. The lowest BCUT2D eigenvalue weighted by molar-refractivity contribution is 0.668. The highest BCUT2D eigenvalue weighted by molar-refractivity contribution is 7.25. The van der Waals surface area contributed by atoms with Crippen molar-refractivity contribution >= 4 is 80.9 Å². The third-order valence-corrected chi connectivity index (χ3v) is 9.61. The zero-order valence-electron chi connectivity index (χ0n) is 22.6. The fraction of sp³-hybridized carbons (Fsp3) is 0. The molecule has 3 heterocycles. The van der Waals surface area contributed by atoms with Crippen LogP contribution in [0.5, 0.6) is 0 Å². The summed E-state index contributed by atoms with van der Waals surface area (Å²) < 4.78 is 11.4. The van der Waals surface area contributed by atoms with E-state index >= 15 is 0 Å². The lowest BCUT2D eigenvalue weighted by atomic mass is 9.97. The van der Waals surface area contributed by atoms with E-state index < -0.39 is 0 Å². The molecule has 4 nitrogen and oxygen atoms in total. The average Bonchev–Trinajstić information content (AvgIpc) is 3.73. The maximum Gasteiger partial charge on any atom is 0.229 e. The molecule has 5 heteroatoms. The highest BCUT2D eigenvalue weighted by Gasteiger charge is 2.21. The molecule has 0 N–H and O–H groups in total. The Morgan fingerprint density at radius 1 is 0.674 bits per heavy atom. The highest BCUT2D eigenvalue weighted by Crippen LogP contribution is 2.45. The second kappa shape index (κ2) is 8.81. The fourth-order valence-electron chi connectivity index (χ4n) is 6.57. The molecular weight excluding hydrogens is 547 g/mol. The van der Waals surface area contributed by atoms with Crippen molar-refractivity contribution < 1.29 is 4.42 Å². The third kappa shape index (κ3) is 3.29. The van der Waals surface area contributed by atoms with Crippen molar-refractivity contribution in [2.24, 2.45) is 0 Å². The summed E-state index contributed by atoms with van der Waals surface area (Å²) in [5.74, 6) is 0. The van der Waals surface area contributed by atoms with Gasteiger partial charge < -0.3 is 8.98 Å². The number of hydrogen-bond acceptors (Lipinski definition) is 3. The first-order valence-electron chi connectivity index (χ1n) is 13.9. The molecule has 0 spiro atoms. The van der Waals surface area contributed by atoms with Gasteiger partial charge in [0.2, 0.25) is 5.69 Å². The molecule has 198 valence electrons. The number of aromatic nitrogens is 1. The second-order valence-corrected chi connectivity index (χ2v) is 11.8. The van der Waals surface area contributed by atoms with Crippen molar-refractivity contribution in [2.45, 2.75) is 0 Å². The van der Waals surface area contributed by atoms with E-state index in [-0.39, 0.29) is 0 Å². The SMILES string of the molecule is [C-]#[N+]c1ccc(-c2ccc3sc4ccccc4c3c2)c2c1oc1c(-n3c4ccccc4c4ccc(C#N)cc43)cccc12. The normalized spacial score (nSPS) is 11.7. The van der Waals surface area contributed by atoms with Crippen LogP contribution < -0.4 is 0 Å².